The van der Waals surface area contributed by atoms with Gasteiger partial charge in [-0.2, -0.15) is 0 Å². The Morgan fingerprint density at radius 1 is 1.04 bits per heavy atom. The molecule has 2 aliphatic heterocycles. The number of ether oxygens (including phenoxy) is 1. The highest BCUT2D eigenvalue weighted by Gasteiger charge is 2.49. The van der Waals surface area contributed by atoms with Crippen LogP contribution in [-0.4, -0.2) is 83.5 Å². The summed E-state index contributed by atoms with van der Waals surface area (Å²) in [5, 5.41) is 6.51. The van der Waals surface area contributed by atoms with Gasteiger partial charge in [-0.1, -0.05) is 49.2 Å². The zero-order chi connectivity index (χ0) is 33.1. The van der Waals surface area contributed by atoms with E-state index in [0.717, 1.165) is 42.1 Å². The number of nitrogens with one attached hydrogen (secondary N) is 3. The molecule has 2 aromatic carbocycles. The van der Waals surface area contributed by atoms with E-state index >= 15 is 0 Å². The molecular formula is C36H43N5O6. The van der Waals surface area contributed by atoms with Gasteiger partial charge in [0.1, 0.15) is 17.5 Å². The molecule has 1 aromatic heterocycles. The van der Waals surface area contributed by atoms with Gasteiger partial charge in [0.15, 0.2) is 0 Å². The summed E-state index contributed by atoms with van der Waals surface area (Å²) in [5.41, 5.74) is 1.99. The Morgan fingerprint density at radius 2 is 1.83 bits per heavy atom. The molecule has 1 saturated carbocycles. The maximum atomic E-state index is 14.3. The quantitative estimate of drug-likeness (QED) is 0.274. The first kappa shape index (κ1) is 32.3. The average Bonchev–Trinajstić information content (AvgIpc) is 3.82. The number of aromatic amines is 1. The first-order chi connectivity index (χ1) is 22.7. The van der Waals surface area contributed by atoms with Crippen molar-refractivity contribution in [3.05, 3.63) is 65.9 Å². The lowest BCUT2D eigenvalue weighted by Gasteiger charge is -2.31. The van der Waals surface area contributed by atoms with E-state index in [9.17, 15) is 24.0 Å². The molecule has 3 aliphatic rings. The van der Waals surface area contributed by atoms with Crippen molar-refractivity contribution >= 4 is 40.3 Å². The largest absolute Gasteiger partial charge is 0.496 e. The predicted octanol–water partition coefficient (Wildman–Crippen LogP) is 3.44. The highest BCUT2D eigenvalue weighted by atomic mass is 16.5. The van der Waals surface area contributed by atoms with Crippen LogP contribution in [0.15, 0.2) is 54.6 Å². The maximum absolute atomic E-state index is 14.3. The molecule has 0 unspecified atom stereocenters. The van der Waals surface area contributed by atoms with Crippen molar-refractivity contribution in [3.8, 4) is 5.75 Å². The molecule has 11 heteroatoms. The molecule has 1 aliphatic carbocycles. The van der Waals surface area contributed by atoms with Crippen molar-refractivity contribution in [3.63, 3.8) is 0 Å². The maximum Gasteiger partial charge on any atom is 0.292 e. The van der Waals surface area contributed by atoms with Crippen LogP contribution in [0.3, 0.4) is 0 Å². The fourth-order valence-corrected chi connectivity index (χ4v) is 7.68. The lowest BCUT2D eigenvalue weighted by molar-refractivity contribution is -0.146. The second kappa shape index (κ2) is 14.0. The van der Waals surface area contributed by atoms with E-state index in [0.29, 0.717) is 37.4 Å². The Balaban J connectivity index is 1.24. The van der Waals surface area contributed by atoms with Crippen LogP contribution < -0.4 is 15.4 Å². The second-order valence-electron chi connectivity index (χ2n) is 13.1. The molecule has 11 nitrogen and oxygen atoms in total. The molecule has 5 atom stereocenters. The normalized spacial score (nSPS) is 22.8. The number of nitrogens with zero attached hydrogens (tertiary/aromatic N) is 2. The number of likely N-dealkylation sites (tertiary alicyclic amines) is 1. The van der Waals surface area contributed by atoms with Crippen molar-refractivity contribution in [2.24, 2.45) is 17.8 Å². The predicted molar refractivity (Wildman–Crippen MR) is 175 cm³/mol. The van der Waals surface area contributed by atoms with E-state index < -0.39 is 29.7 Å². The van der Waals surface area contributed by atoms with Gasteiger partial charge in [0.25, 0.3) is 11.8 Å². The van der Waals surface area contributed by atoms with Gasteiger partial charge in [0, 0.05) is 43.5 Å². The highest BCUT2D eigenvalue weighted by Crippen LogP contribution is 2.41. The third-order valence-corrected chi connectivity index (χ3v) is 10.2. The smallest absolute Gasteiger partial charge is 0.292 e. The summed E-state index contributed by atoms with van der Waals surface area (Å²) >= 11 is 0. The monoisotopic (exact) mass is 641 g/mol. The van der Waals surface area contributed by atoms with E-state index in [1.165, 1.54) is 4.90 Å². The van der Waals surface area contributed by atoms with Crippen molar-refractivity contribution in [1.82, 2.24) is 25.4 Å². The summed E-state index contributed by atoms with van der Waals surface area (Å²) < 4.78 is 5.49. The number of carbonyl (C=O) groups is 5. The summed E-state index contributed by atoms with van der Waals surface area (Å²) in [5.74, 6) is -1.78. The van der Waals surface area contributed by atoms with E-state index in [2.05, 4.69) is 15.6 Å². The van der Waals surface area contributed by atoms with Gasteiger partial charge in [-0.05, 0) is 67.7 Å². The average molecular weight is 642 g/mol. The van der Waals surface area contributed by atoms with Crippen LogP contribution in [0.1, 0.15) is 61.0 Å². The first-order valence-electron chi connectivity index (χ1n) is 16.6. The highest BCUT2D eigenvalue weighted by molar-refractivity contribution is 6.38. The summed E-state index contributed by atoms with van der Waals surface area (Å²) in [6, 6.07) is 14.8. The number of rotatable bonds is 11. The van der Waals surface area contributed by atoms with Crippen molar-refractivity contribution < 1.29 is 28.7 Å². The van der Waals surface area contributed by atoms with E-state index in [4.69, 9.17) is 4.74 Å². The number of carbonyl (C=O) groups excluding carboxylic acids is 5. The molecule has 0 bridgehead atoms. The molecule has 3 aromatic rings. The molecule has 6 rings (SSSR count). The number of H-pyrrole nitrogens is 1. The van der Waals surface area contributed by atoms with Crippen LogP contribution in [0.4, 0.5) is 0 Å². The van der Waals surface area contributed by atoms with Gasteiger partial charge in [0.05, 0.1) is 13.2 Å². The third kappa shape index (κ3) is 6.75. The fourth-order valence-electron chi connectivity index (χ4n) is 7.68. The molecule has 0 radical (unpaired) electrons. The molecule has 3 fully saturated rings. The standard InChI is InChI=1S/C36H43N5O6/c1-40(20-22-9-4-3-5-10-22)36(46)32(42)28(16-15-23-17-18-37-33(23)43)39-34(44)31-25-12-7-6-11-24(25)21-41(31)35(45)29-19-26-27(38-29)13-8-14-30(26)47-2/h3-5,8-10,13-14,19,23-25,28,31,38H,6-7,11-12,15-18,20-21H2,1-2H3,(H,37,43)(H,39,44)/t23-,24+,25+,28+,31+/m1/s1. The number of fused-ring (bicyclic) bond motifs is 2. The Morgan fingerprint density at radius 3 is 2.57 bits per heavy atom. The topological polar surface area (TPSA) is 141 Å². The van der Waals surface area contributed by atoms with Crippen LogP contribution in [0.25, 0.3) is 10.9 Å². The van der Waals surface area contributed by atoms with Crippen LogP contribution in [0, 0.1) is 17.8 Å². The minimum Gasteiger partial charge on any atom is -0.496 e. The number of aromatic nitrogens is 1. The Bertz CT molecular complexity index is 1650. The molecule has 47 heavy (non-hydrogen) atoms. The molecule has 248 valence electrons. The van der Waals surface area contributed by atoms with Gasteiger partial charge in [0.2, 0.25) is 17.6 Å². The molecule has 0 spiro atoms. The zero-order valence-electron chi connectivity index (χ0n) is 27.0. The summed E-state index contributed by atoms with van der Waals surface area (Å²) in [7, 11) is 3.14. The van der Waals surface area contributed by atoms with Crippen LogP contribution in [0.2, 0.25) is 0 Å². The summed E-state index contributed by atoms with van der Waals surface area (Å²) in [4.78, 5) is 74.2. The number of Topliss-reactive ketones (excluding diaryl/α,β-unsaturated/α-hetero) is 1. The SMILES string of the molecule is COc1cccc2[nH]c(C(=O)N3C[C@@H]4CCCC[C@@H]4[C@H]3C(=O)N[C@@H](CC[C@@H]3CCNC3=O)C(=O)C(=O)N(C)Cc3ccccc3)cc12. The second-order valence-corrected chi connectivity index (χ2v) is 13.1. The van der Waals surface area contributed by atoms with Crippen molar-refractivity contribution in [2.45, 2.75) is 63.6 Å². The van der Waals surface area contributed by atoms with E-state index in [-0.39, 0.29) is 42.5 Å². The minimum atomic E-state index is -1.13. The van der Waals surface area contributed by atoms with Gasteiger partial charge in [-0.3, -0.25) is 24.0 Å². The van der Waals surface area contributed by atoms with E-state index in [1.54, 1.807) is 25.1 Å². The Hall–Kier alpha value is -4.67. The molecule has 4 amide bonds. The fraction of sp³-hybridized carbons (Fsp3) is 0.472. The molecular weight excluding hydrogens is 598 g/mol. The van der Waals surface area contributed by atoms with Gasteiger partial charge in [-0.15, -0.1) is 0 Å². The number of methoxy groups -OCH3 is 1. The van der Waals surface area contributed by atoms with Gasteiger partial charge >= 0.3 is 0 Å². The van der Waals surface area contributed by atoms with Gasteiger partial charge in [-0.25, -0.2) is 0 Å². The lowest BCUT2D eigenvalue weighted by Crippen LogP contribution is -2.55. The Kier molecular flexibility index (Phi) is 9.60. The zero-order valence-corrected chi connectivity index (χ0v) is 27.0. The molecule has 3 N–H and O–H groups in total. The molecule has 3 heterocycles. The molecule has 2 saturated heterocycles. The number of ketones is 1. The number of hydrogen-bond donors (Lipinski definition) is 3. The van der Waals surface area contributed by atoms with E-state index in [1.807, 2.05) is 48.5 Å². The number of amides is 4. The van der Waals surface area contributed by atoms with Crippen molar-refractivity contribution in [2.75, 3.05) is 27.2 Å². The number of likely N-dealkylation sites (N-methyl/N-ethyl adjacent to an activating group) is 1. The minimum absolute atomic E-state index is 0.0561. The first-order valence-corrected chi connectivity index (χ1v) is 16.6. The van der Waals surface area contributed by atoms with Crippen LogP contribution in [-0.2, 0) is 25.7 Å². The van der Waals surface area contributed by atoms with Crippen LogP contribution in [0.5, 0.6) is 5.75 Å². The van der Waals surface area contributed by atoms with Crippen molar-refractivity contribution in [1.29, 1.82) is 0 Å². The summed E-state index contributed by atoms with van der Waals surface area (Å²) in [6.45, 7) is 1.24. The third-order valence-electron chi connectivity index (χ3n) is 10.2. The number of benzene rings is 2. The van der Waals surface area contributed by atoms with Gasteiger partial charge < -0.3 is 30.2 Å². The number of hydrogen-bond acceptors (Lipinski definition) is 6. The van der Waals surface area contributed by atoms with Crippen LogP contribution >= 0.6 is 0 Å². The lowest BCUT2D eigenvalue weighted by atomic mass is 9.78. The Labute approximate surface area is 274 Å². The summed E-state index contributed by atoms with van der Waals surface area (Å²) in [6.07, 6.45) is 4.85.